The van der Waals surface area contributed by atoms with E-state index in [9.17, 15) is 22.8 Å². The summed E-state index contributed by atoms with van der Waals surface area (Å²) in [6.45, 7) is 0. The number of aromatic amines is 1. The number of benzene rings is 2. The average Bonchev–Trinajstić information content (AvgIpc) is 2.61. The van der Waals surface area contributed by atoms with Crippen LogP contribution in [0.2, 0.25) is 10.0 Å². The molecule has 0 saturated carbocycles. The van der Waals surface area contributed by atoms with Gasteiger partial charge in [0.2, 0.25) is 5.43 Å². The number of pyridine rings is 1. The second-order valence-electron chi connectivity index (χ2n) is 6.76. The highest BCUT2D eigenvalue weighted by atomic mass is 35.5. The van der Waals surface area contributed by atoms with E-state index in [4.69, 9.17) is 23.2 Å². The molecule has 1 aromatic heterocycles. The highest BCUT2D eigenvalue weighted by molar-refractivity contribution is 6.31. The van der Waals surface area contributed by atoms with Gasteiger partial charge in [-0.2, -0.15) is 13.2 Å². The van der Waals surface area contributed by atoms with Gasteiger partial charge in [-0.05, 0) is 48.2 Å². The quantitative estimate of drug-likeness (QED) is 0.538. The molecule has 3 nitrogen and oxygen atoms in total. The van der Waals surface area contributed by atoms with Crippen molar-refractivity contribution in [3.8, 4) is 0 Å². The standard InChI is InChI=1S/C20H12Cl2F3NO2/c21-11-2-4-15-12(8-11)19(28)18-16(26-15)6-10(7-17(18)27)9-1-3-14(22)13(5-9)20(23,24)25/h1-5,8,10H,6-7H2,(H,26,28). The molecule has 2 aromatic carbocycles. The van der Waals surface area contributed by atoms with Crippen LogP contribution >= 0.6 is 23.2 Å². The van der Waals surface area contributed by atoms with Gasteiger partial charge >= 0.3 is 6.18 Å². The third-order valence-electron chi connectivity index (χ3n) is 4.97. The fraction of sp³-hybridized carbons (Fsp3) is 0.200. The Labute approximate surface area is 167 Å². The Balaban J connectivity index is 1.81. The summed E-state index contributed by atoms with van der Waals surface area (Å²) in [6, 6.07) is 8.39. The largest absolute Gasteiger partial charge is 0.417 e. The van der Waals surface area contributed by atoms with Gasteiger partial charge in [0, 0.05) is 28.0 Å². The van der Waals surface area contributed by atoms with Crippen LogP contribution in [0.1, 0.15) is 39.5 Å². The predicted molar refractivity (Wildman–Crippen MR) is 101 cm³/mol. The van der Waals surface area contributed by atoms with E-state index < -0.39 is 33.9 Å². The monoisotopic (exact) mass is 425 g/mol. The van der Waals surface area contributed by atoms with E-state index in [2.05, 4.69) is 4.98 Å². The highest BCUT2D eigenvalue weighted by Gasteiger charge is 2.35. The lowest BCUT2D eigenvalue weighted by Crippen LogP contribution is -2.27. The van der Waals surface area contributed by atoms with E-state index >= 15 is 0 Å². The van der Waals surface area contributed by atoms with Crippen LogP contribution in [-0.2, 0) is 12.6 Å². The van der Waals surface area contributed by atoms with Crippen LogP contribution in [0.3, 0.4) is 0 Å². The molecule has 144 valence electrons. The van der Waals surface area contributed by atoms with Gasteiger partial charge < -0.3 is 4.98 Å². The lowest BCUT2D eigenvalue weighted by molar-refractivity contribution is -0.137. The molecule has 0 spiro atoms. The highest BCUT2D eigenvalue weighted by Crippen LogP contribution is 2.39. The second kappa shape index (κ2) is 6.64. The molecule has 3 aromatic rings. The van der Waals surface area contributed by atoms with E-state index in [1.807, 2.05) is 0 Å². The molecule has 0 radical (unpaired) electrons. The fourth-order valence-electron chi connectivity index (χ4n) is 3.65. The molecule has 4 rings (SSSR count). The average molecular weight is 426 g/mol. The Kier molecular flexibility index (Phi) is 4.51. The molecular formula is C20H12Cl2F3NO2. The number of Topliss-reactive ketones (excluding diaryl/α,β-unsaturated/α-hetero) is 1. The number of H-pyrrole nitrogens is 1. The van der Waals surface area contributed by atoms with Crippen LogP contribution in [-0.4, -0.2) is 10.8 Å². The first-order valence-corrected chi connectivity index (χ1v) is 9.15. The fourth-order valence-corrected chi connectivity index (χ4v) is 4.05. The van der Waals surface area contributed by atoms with Crippen molar-refractivity contribution in [2.24, 2.45) is 0 Å². The summed E-state index contributed by atoms with van der Waals surface area (Å²) in [5.41, 5.74) is -0.00424. The van der Waals surface area contributed by atoms with E-state index in [0.717, 1.165) is 6.07 Å². The molecule has 1 atom stereocenters. The Bertz CT molecular complexity index is 1180. The maximum absolute atomic E-state index is 13.2. The third-order valence-corrected chi connectivity index (χ3v) is 5.53. The number of carbonyl (C=O) groups is 1. The van der Waals surface area contributed by atoms with Crippen molar-refractivity contribution >= 4 is 39.9 Å². The predicted octanol–water partition coefficient (Wildman–Crippen LogP) is 5.77. The summed E-state index contributed by atoms with van der Waals surface area (Å²) in [5, 5.41) is 0.291. The molecule has 0 bridgehead atoms. The maximum atomic E-state index is 13.2. The van der Waals surface area contributed by atoms with Crippen LogP contribution in [0.15, 0.2) is 41.2 Å². The first-order valence-electron chi connectivity index (χ1n) is 8.39. The summed E-state index contributed by atoms with van der Waals surface area (Å²) in [7, 11) is 0. The van der Waals surface area contributed by atoms with Crippen molar-refractivity contribution in [2.45, 2.75) is 24.9 Å². The lowest BCUT2D eigenvalue weighted by atomic mass is 9.80. The number of fused-ring (bicyclic) bond motifs is 2. The molecule has 0 aliphatic heterocycles. The Morgan fingerprint density at radius 2 is 1.75 bits per heavy atom. The number of ketones is 1. The topological polar surface area (TPSA) is 49.9 Å². The molecule has 1 heterocycles. The van der Waals surface area contributed by atoms with Gasteiger partial charge in [0.1, 0.15) is 0 Å². The molecular weight excluding hydrogens is 414 g/mol. The van der Waals surface area contributed by atoms with Crippen LogP contribution in [0.5, 0.6) is 0 Å². The number of hydrogen-bond acceptors (Lipinski definition) is 2. The van der Waals surface area contributed by atoms with Gasteiger partial charge in [-0.3, -0.25) is 9.59 Å². The van der Waals surface area contributed by atoms with Crippen LogP contribution in [0.4, 0.5) is 13.2 Å². The molecule has 1 aliphatic rings. The zero-order valence-electron chi connectivity index (χ0n) is 14.2. The number of halogens is 5. The van der Waals surface area contributed by atoms with Gasteiger partial charge in [-0.1, -0.05) is 29.3 Å². The zero-order valence-corrected chi connectivity index (χ0v) is 15.7. The first kappa shape index (κ1) is 19.0. The van der Waals surface area contributed by atoms with Crippen molar-refractivity contribution in [1.82, 2.24) is 4.98 Å². The molecule has 0 amide bonds. The summed E-state index contributed by atoms with van der Waals surface area (Å²) < 4.78 is 39.5. The minimum absolute atomic E-state index is 0.0519. The first-order chi connectivity index (χ1) is 13.1. The molecule has 28 heavy (non-hydrogen) atoms. The maximum Gasteiger partial charge on any atom is 0.417 e. The molecule has 0 fully saturated rings. The number of aromatic nitrogens is 1. The Morgan fingerprint density at radius 3 is 2.46 bits per heavy atom. The molecule has 8 heteroatoms. The number of hydrogen-bond donors (Lipinski definition) is 1. The van der Waals surface area contributed by atoms with Crippen molar-refractivity contribution in [3.05, 3.63) is 79.1 Å². The molecule has 1 unspecified atom stereocenters. The summed E-state index contributed by atoms with van der Waals surface area (Å²) in [6.07, 6.45) is -4.40. The number of nitrogens with one attached hydrogen (secondary N) is 1. The minimum atomic E-state index is -4.59. The van der Waals surface area contributed by atoms with E-state index in [-0.39, 0.29) is 18.4 Å². The van der Waals surface area contributed by atoms with E-state index in [1.165, 1.54) is 18.2 Å². The molecule has 0 saturated heterocycles. The Hall–Kier alpha value is -2.31. The molecule has 1 aliphatic carbocycles. The second-order valence-corrected chi connectivity index (χ2v) is 7.61. The minimum Gasteiger partial charge on any atom is -0.358 e. The van der Waals surface area contributed by atoms with Gasteiger partial charge in [-0.25, -0.2) is 0 Å². The van der Waals surface area contributed by atoms with Crippen molar-refractivity contribution in [1.29, 1.82) is 0 Å². The van der Waals surface area contributed by atoms with Gasteiger partial charge in [-0.15, -0.1) is 0 Å². The number of carbonyl (C=O) groups excluding carboxylic acids is 1. The van der Waals surface area contributed by atoms with Crippen LogP contribution in [0, 0.1) is 0 Å². The van der Waals surface area contributed by atoms with Gasteiger partial charge in [0.25, 0.3) is 0 Å². The Morgan fingerprint density at radius 1 is 1.00 bits per heavy atom. The summed E-state index contributed by atoms with van der Waals surface area (Å²) in [4.78, 5) is 28.5. The van der Waals surface area contributed by atoms with Gasteiger partial charge in [0.05, 0.1) is 16.1 Å². The SMILES string of the molecule is O=C1CC(c2ccc(Cl)c(C(F)(F)F)c2)Cc2[nH]c3ccc(Cl)cc3c(=O)c21. The third kappa shape index (κ3) is 3.20. The number of rotatable bonds is 1. The van der Waals surface area contributed by atoms with E-state index in [1.54, 1.807) is 12.1 Å². The van der Waals surface area contributed by atoms with Crippen LogP contribution < -0.4 is 5.43 Å². The summed E-state index contributed by atoms with van der Waals surface area (Å²) >= 11 is 11.6. The van der Waals surface area contributed by atoms with Crippen molar-refractivity contribution < 1.29 is 18.0 Å². The van der Waals surface area contributed by atoms with Crippen LogP contribution in [0.25, 0.3) is 10.9 Å². The molecule has 1 N–H and O–H groups in total. The van der Waals surface area contributed by atoms with Gasteiger partial charge in [0.15, 0.2) is 5.78 Å². The summed E-state index contributed by atoms with van der Waals surface area (Å²) in [5.74, 6) is -0.892. The van der Waals surface area contributed by atoms with Crippen molar-refractivity contribution in [3.63, 3.8) is 0 Å². The normalized spacial score (nSPS) is 17.0. The number of alkyl halides is 3. The van der Waals surface area contributed by atoms with Crippen molar-refractivity contribution in [2.75, 3.05) is 0 Å². The smallest absolute Gasteiger partial charge is 0.358 e. The van der Waals surface area contributed by atoms with E-state index in [0.29, 0.717) is 27.2 Å². The lowest BCUT2D eigenvalue weighted by Gasteiger charge is -2.25. The zero-order chi connectivity index (χ0) is 20.2.